The Kier molecular flexibility index (Phi) is 7.59. The van der Waals surface area contributed by atoms with Crippen LogP contribution in [0.25, 0.3) is 6.08 Å². The highest BCUT2D eigenvalue weighted by Gasteiger charge is 2.13. The first-order valence-corrected chi connectivity index (χ1v) is 9.23. The number of thiophene rings is 1. The number of hydrogen-bond donors (Lipinski definition) is 1. The lowest BCUT2D eigenvalue weighted by molar-refractivity contribution is -0.144. The van der Waals surface area contributed by atoms with E-state index >= 15 is 0 Å². The predicted octanol–water partition coefficient (Wildman–Crippen LogP) is 2.62. The van der Waals surface area contributed by atoms with Gasteiger partial charge in [0, 0.05) is 31.2 Å². The lowest BCUT2D eigenvalue weighted by Crippen LogP contribution is -2.30. The van der Waals surface area contributed by atoms with Crippen LogP contribution in [0.4, 0.5) is 5.69 Å². The lowest BCUT2D eigenvalue weighted by atomic mass is 10.1. The average Bonchev–Trinajstić information content (AvgIpc) is 3.18. The van der Waals surface area contributed by atoms with Crippen molar-refractivity contribution in [3.05, 3.63) is 57.8 Å². The van der Waals surface area contributed by atoms with Crippen LogP contribution in [0.15, 0.2) is 47.4 Å². The van der Waals surface area contributed by atoms with Crippen molar-refractivity contribution in [2.75, 3.05) is 32.1 Å². The Hall–Kier alpha value is -3.11. The number of nitriles is 1. The third kappa shape index (κ3) is 6.60. The number of hydrogen-bond acceptors (Lipinski definition) is 6. The smallest absolute Gasteiger partial charge is 0.349 e. The highest BCUT2D eigenvalue weighted by atomic mass is 32.1. The quantitative estimate of drug-likeness (QED) is 0.430. The molecule has 2 aromatic rings. The molecule has 7 heteroatoms. The molecule has 0 radical (unpaired) electrons. The van der Waals surface area contributed by atoms with Crippen molar-refractivity contribution in [3.8, 4) is 6.07 Å². The predicted molar refractivity (Wildman–Crippen MR) is 106 cm³/mol. The van der Waals surface area contributed by atoms with Crippen molar-refractivity contribution < 1.29 is 14.3 Å². The molecule has 0 aliphatic heterocycles. The van der Waals surface area contributed by atoms with Crippen molar-refractivity contribution in [2.45, 2.75) is 6.42 Å². The van der Waals surface area contributed by atoms with Crippen LogP contribution in [-0.4, -0.2) is 39.1 Å². The van der Waals surface area contributed by atoms with E-state index in [1.54, 1.807) is 23.5 Å². The van der Waals surface area contributed by atoms with Crippen LogP contribution in [0.3, 0.4) is 0 Å². The van der Waals surface area contributed by atoms with Crippen LogP contribution >= 0.6 is 11.3 Å². The number of carbonyl (C=O) groups is 2. The van der Waals surface area contributed by atoms with E-state index in [0.717, 1.165) is 12.1 Å². The summed E-state index contributed by atoms with van der Waals surface area (Å²) in [6.45, 7) is 0.0535. The van der Waals surface area contributed by atoms with Crippen molar-refractivity contribution in [1.82, 2.24) is 5.32 Å². The van der Waals surface area contributed by atoms with Gasteiger partial charge < -0.3 is 15.0 Å². The highest BCUT2D eigenvalue weighted by molar-refractivity contribution is 7.09. The minimum absolute atomic E-state index is 0.154. The Balaban J connectivity index is 1.83. The number of carbonyl (C=O) groups excluding carboxylic acids is 2. The molecule has 0 fully saturated rings. The van der Waals surface area contributed by atoms with Gasteiger partial charge in [0.25, 0.3) is 5.91 Å². The van der Waals surface area contributed by atoms with E-state index < -0.39 is 18.5 Å². The largest absolute Gasteiger partial charge is 0.451 e. The Bertz CT molecular complexity index is 834. The van der Waals surface area contributed by atoms with Gasteiger partial charge in [-0.3, -0.25) is 4.79 Å². The third-order valence-corrected chi connectivity index (χ3v) is 4.61. The molecule has 0 aliphatic carbocycles. The number of benzene rings is 1. The SMILES string of the molecule is CN(C)c1ccc(/C=C(\C#N)C(=O)OCC(=O)NCCc2cccs2)cc1. The number of ether oxygens (including phenoxy) is 1. The summed E-state index contributed by atoms with van der Waals surface area (Å²) in [5, 5.41) is 13.8. The summed E-state index contributed by atoms with van der Waals surface area (Å²) in [5.41, 5.74) is 1.56. The summed E-state index contributed by atoms with van der Waals surface area (Å²) in [4.78, 5) is 26.9. The molecular weight excluding hydrogens is 362 g/mol. The normalized spacial score (nSPS) is 10.8. The molecule has 0 aliphatic rings. The Morgan fingerprint density at radius 2 is 2.00 bits per heavy atom. The van der Waals surface area contributed by atoms with Crippen molar-refractivity contribution in [2.24, 2.45) is 0 Å². The Morgan fingerprint density at radius 3 is 2.59 bits per heavy atom. The fourth-order valence-electron chi connectivity index (χ4n) is 2.21. The monoisotopic (exact) mass is 383 g/mol. The van der Waals surface area contributed by atoms with E-state index in [2.05, 4.69) is 5.32 Å². The van der Waals surface area contributed by atoms with E-state index in [9.17, 15) is 14.9 Å². The molecule has 140 valence electrons. The summed E-state index contributed by atoms with van der Waals surface area (Å²) in [5.74, 6) is -1.21. The number of esters is 1. The molecule has 6 nitrogen and oxygen atoms in total. The minimum Gasteiger partial charge on any atom is -0.451 e. The zero-order valence-corrected chi connectivity index (χ0v) is 16.1. The van der Waals surface area contributed by atoms with Gasteiger partial charge in [-0.2, -0.15) is 5.26 Å². The molecule has 0 atom stereocenters. The Morgan fingerprint density at radius 1 is 1.26 bits per heavy atom. The molecule has 0 unspecified atom stereocenters. The van der Waals surface area contributed by atoms with Crippen molar-refractivity contribution in [3.63, 3.8) is 0 Å². The van der Waals surface area contributed by atoms with E-state index in [1.165, 1.54) is 11.0 Å². The summed E-state index contributed by atoms with van der Waals surface area (Å²) in [6, 6.07) is 13.1. The standard InChI is InChI=1S/C20H21N3O3S/c1-23(2)17-7-5-15(6-8-17)12-16(13-21)20(25)26-14-19(24)22-10-9-18-4-3-11-27-18/h3-8,11-12H,9-10,14H2,1-2H3,(H,22,24)/b16-12+. The Labute approximate surface area is 162 Å². The van der Waals surface area contributed by atoms with Gasteiger partial charge in [-0.25, -0.2) is 4.79 Å². The zero-order valence-electron chi connectivity index (χ0n) is 15.3. The van der Waals surface area contributed by atoms with Crippen LogP contribution in [0.2, 0.25) is 0 Å². The first kappa shape index (κ1) is 20.2. The van der Waals surface area contributed by atoms with Gasteiger partial charge in [0.2, 0.25) is 0 Å². The summed E-state index contributed by atoms with van der Waals surface area (Å²) >= 11 is 1.62. The van der Waals surface area contributed by atoms with Crippen LogP contribution in [0.5, 0.6) is 0 Å². The zero-order chi connectivity index (χ0) is 19.6. The first-order valence-electron chi connectivity index (χ1n) is 8.35. The fourth-order valence-corrected chi connectivity index (χ4v) is 2.92. The maximum Gasteiger partial charge on any atom is 0.349 e. The number of rotatable bonds is 8. The molecular formula is C20H21N3O3S. The molecule has 1 N–H and O–H groups in total. The molecule has 27 heavy (non-hydrogen) atoms. The van der Waals surface area contributed by atoms with Crippen LogP contribution in [0, 0.1) is 11.3 Å². The molecule has 0 bridgehead atoms. The van der Waals surface area contributed by atoms with Gasteiger partial charge in [0.05, 0.1) is 0 Å². The van der Waals surface area contributed by atoms with Crippen LogP contribution in [0.1, 0.15) is 10.4 Å². The van der Waals surface area contributed by atoms with Crippen LogP contribution < -0.4 is 10.2 Å². The maximum absolute atomic E-state index is 12.0. The molecule has 1 aromatic heterocycles. The molecule has 0 saturated heterocycles. The summed E-state index contributed by atoms with van der Waals surface area (Å²) < 4.78 is 4.93. The molecule has 2 rings (SSSR count). The second-order valence-corrected chi connectivity index (χ2v) is 6.94. The number of nitrogens with zero attached hydrogens (tertiary/aromatic N) is 2. The van der Waals surface area contributed by atoms with Gasteiger partial charge in [-0.15, -0.1) is 11.3 Å². The molecule has 0 saturated carbocycles. The second-order valence-electron chi connectivity index (χ2n) is 5.91. The number of nitrogens with one attached hydrogen (secondary N) is 1. The number of anilines is 1. The second kappa shape index (κ2) is 10.1. The maximum atomic E-state index is 12.0. The van der Waals surface area contributed by atoms with Gasteiger partial charge in [-0.05, 0) is 41.6 Å². The molecule has 0 spiro atoms. The van der Waals surface area contributed by atoms with Gasteiger partial charge >= 0.3 is 5.97 Å². The van der Waals surface area contributed by atoms with Gasteiger partial charge in [0.15, 0.2) is 6.61 Å². The van der Waals surface area contributed by atoms with E-state index in [0.29, 0.717) is 12.1 Å². The molecule has 1 heterocycles. The fraction of sp³-hybridized carbons (Fsp3) is 0.250. The lowest BCUT2D eigenvalue weighted by Gasteiger charge is -2.11. The van der Waals surface area contributed by atoms with Gasteiger partial charge in [0.1, 0.15) is 11.6 Å². The van der Waals surface area contributed by atoms with Crippen molar-refractivity contribution >= 4 is 35.0 Å². The van der Waals surface area contributed by atoms with Crippen LogP contribution in [-0.2, 0) is 20.7 Å². The highest BCUT2D eigenvalue weighted by Crippen LogP contribution is 2.15. The van der Waals surface area contributed by atoms with Gasteiger partial charge in [-0.1, -0.05) is 18.2 Å². The number of amides is 1. The first-order chi connectivity index (χ1) is 13.0. The van der Waals surface area contributed by atoms with E-state index in [4.69, 9.17) is 4.74 Å². The summed E-state index contributed by atoms with van der Waals surface area (Å²) in [7, 11) is 3.85. The van der Waals surface area contributed by atoms with E-state index in [1.807, 2.05) is 54.7 Å². The third-order valence-electron chi connectivity index (χ3n) is 3.67. The summed E-state index contributed by atoms with van der Waals surface area (Å²) in [6.07, 6.45) is 2.17. The van der Waals surface area contributed by atoms with Crippen molar-refractivity contribution in [1.29, 1.82) is 5.26 Å². The molecule has 1 aromatic carbocycles. The molecule has 1 amide bonds. The van der Waals surface area contributed by atoms with E-state index in [-0.39, 0.29) is 5.57 Å². The average molecular weight is 383 g/mol. The minimum atomic E-state index is -0.817. The topological polar surface area (TPSA) is 82.4 Å².